The van der Waals surface area contributed by atoms with Crippen molar-refractivity contribution in [1.82, 2.24) is 19.8 Å². The lowest BCUT2D eigenvalue weighted by molar-refractivity contribution is 0.282. The molecule has 0 saturated carbocycles. The van der Waals surface area contributed by atoms with E-state index in [-0.39, 0.29) is 12.3 Å². The number of methoxy groups -OCH3 is 1. The second-order valence-electron chi connectivity index (χ2n) is 7.51. The molecule has 4 rings (SSSR count). The van der Waals surface area contributed by atoms with Gasteiger partial charge in [-0.3, -0.25) is 0 Å². The number of benzene rings is 2. The number of aryl methyl sites for hydroxylation is 2. The lowest BCUT2D eigenvalue weighted by Gasteiger charge is -2.19. The molecule has 172 valence electrons. The van der Waals surface area contributed by atoms with Gasteiger partial charge in [-0.1, -0.05) is 19.1 Å². The Morgan fingerprint density at radius 3 is 2.82 bits per heavy atom. The predicted molar refractivity (Wildman–Crippen MR) is 123 cm³/mol. The zero-order chi connectivity index (χ0) is 23.4. The van der Waals surface area contributed by atoms with Gasteiger partial charge in [0.1, 0.15) is 18.1 Å². The summed E-state index contributed by atoms with van der Waals surface area (Å²) in [6.07, 6.45) is 1.21. The van der Waals surface area contributed by atoms with Gasteiger partial charge in [0.25, 0.3) is 0 Å². The third-order valence-corrected chi connectivity index (χ3v) is 5.40. The number of hydrogen-bond donors (Lipinski definition) is 0. The van der Waals surface area contributed by atoms with E-state index in [0.29, 0.717) is 31.0 Å². The lowest BCUT2D eigenvalue weighted by atomic mass is 10.0. The smallest absolute Gasteiger partial charge is 0.368 e. The van der Waals surface area contributed by atoms with Crippen LogP contribution in [0.1, 0.15) is 36.5 Å². The number of fused-ring (bicyclic) bond motifs is 1. The van der Waals surface area contributed by atoms with Gasteiger partial charge in [-0.15, -0.1) is 5.10 Å². The molecule has 2 aromatic carbocycles. The Bertz CT molecular complexity index is 1270. The SMILES string of the molecule is CCC(=NN=C1CCOc2cc(OC)ccc21)OCc1c(C)cccc1-n1nnn(C)c1=O. The van der Waals surface area contributed by atoms with Gasteiger partial charge in [-0.05, 0) is 41.1 Å². The van der Waals surface area contributed by atoms with Crippen molar-refractivity contribution in [3.8, 4) is 17.2 Å². The second-order valence-corrected chi connectivity index (χ2v) is 7.51. The lowest BCUT2D eigenvalue weighted by Crippen LogP contribution is -2.23. The molecule has 10 nitrogen and oxygen atoms in total. The number of ether oxygens (including phenoxy) is 3. The van der Waals surface area contributed by atoms with E-state index >= 15 is 0 Å². The number of nitrogens with zero attached hydrogens (tertiary/aromatic N) is 6. The summed E-state index contributed by atoms with van der Waals surface area (Å²) < 4.78 is 19.5. The second kappa shape index (κ2) is 9.68. The molecule has 2 heterocycles. The maximum Gasteiger partial charge on any atom is 0.368 e. The van der Waals surface area contributed by atoms with Gasteiger partial charge in [0.2, 0.25) is 5.90 Å². The van der Waals surface area contributed by atoms with Crippen LogP contribution >= 0.6 is 0 Å². The van der Waals surface area contributed by atoms with Crippen LogP contribution in [0.25, 0.3) is 5.69 Å². The fourth-order valence-electron chi connectivity index (χ4n) is 3.49. The average molecular weight is 450 g/mol. The molecule has 0 N–H and O–H groups in total. The molecular formula is C23H26N6O4. The first-order valence-electron chi connectivity index (χ1n) is 10.7. The van der Waals surface area contributed by atoms with Crippen molar-refractivity contribution < 1.29 is 14.2 Å². The minimum Gasteiger partial charge on any atom is -0.497 e. The molecule has 0 saturated heterocycles. The Morgan fingerprint density at radius 2 is 2.09 bits per heavy atom. The van der Waals surface area contributed by atoms with E-state index in [1.165, 1.54) is 9.36 Å². The van der Waals surface area contributed by atoms with Crippen LogP contribution in [0.3, 0.4) is 0 Å². The Hall–Kier alpha value is -3.95. The molecule has 0 fully saturated rings. The van der Waals surface area contributed by atoms with Gasteiger partial charge in [0.15, 0.2) is 0 Å². The summed E-state index contributed by atoms with van der Waals surface area (Å²) in [5.74, 6) is 1.95. The quantitative estimate of drug-likeness (QED) is 0.325. The topological polar surface area (TPSA) is 105 Å². The Kier molecular flexibility index (Phi) is 6.53. The molecule has 1 aromatic heterocycles. The van der Waals surface area contributed by atoms with Gasteiger partial charge >= 0.3 is 5.69 Å². The summed E-state index contributed by atoms with van der Waals surface area (Å²) in [5, 5.41) is 16.6. The van der Waals surface area contributed by atoms with Gasteiger partial charge < -0.3 is 14.2 Å². The Morgan fingerprint density at radius 1 is 1.24 bits per heavy atom. The van der Waals surface area contributed by atoms with Crippen molar-refractivity contribution >= 4 is 11.6 Å². The standard InChI is InChI=1S/C23H26N6O4/c1-5-22(25-24-19-11-12-32-21-13-16(31-4)9-10-17(19)21)33-14-18-15(2)7-6-8-20(18)29-23(30)28(3)26-27-29/h6-10,13H,5,11-12,14H2,1-4H3. The Labute approximate surface area is 191 Å². The summed E-state index contributed by atoms with van der Waals surface area (Å²) in [4.78, 5) is 12.3. The van der Waals surface area contributed by atoms with Crippen LogP contribution in [-0.4, -0.2) is 45.1 Å². The fourth-order valence-corrected chi connectivity index (χ4v) is 3.49. The fraction of sp³-hybridized carbons (Fsp3) is 0.348. The summed E-state index contributed by atoms with van der Waals surface area (Å²) in [6.45, 7) is 4.66. The molecule has 0 radical (unpaired) electrons. The molecule has 1 aliphatic heterocycles. The van der Waals surface area contributed by atoms with E-state index in [9.17, 15) is 4.79 Å². The van der Waals surface area contributed by atoms with Crippen molar-refractivity contribution in [1.29, 1.82) is 0 Å². The highest BCUT2D eigenvalue weighted by molar-refractivity contribution is 6.04. The maximum absolute atomic E-state index is 12.3. The van der Waals surface area contributed by atoms with Crippen molar-refractivity contribution in [3.63, 3.8) is 0 Å². The molecule has 1 aliphatic rings. The molecular weight excluding hydrogens is 424 g/mol. The molecule has 10 heteroatoms. The number of tetrazole rings is 1. The molecule has 0 amide bonds. The van der Waals surface area contributed by atoms with E-state index in [4.69, 9.17) is 14.2 Å². The summed E-state index contributed by atoms with van der Waals surface area (Å²) >= 11 is 0. The van der Waals surface area contributed by atoms with Crippen molar-refractivity contribution in [2.45, 2.75) is 33.3 Å². The zero-order valence-electron chi connectivity index (χ0n) is 19.1. The van der Waals surface area contributed by atoms with Crippen LogP contribution in [0.2, 0.25) is 0 Å². The van der Waals surface area contributed by atoms with Crippen LogP contribution in [-0.2, 0) is 18.4 Å². The molecule has 0 unspecified atom stereocenters. The average Bonchev–Trinajstić information content (AvgIpc) is 3.17. The minimum absolute atomic E-state index is 0.222. The van der Waals surface area contributed by atoms with Gasteiger partial charge in [-0.25, -0.2) is 4.79 Å². The first kappa shape index (κ1) is 22.3. The number of rotatable bonds is 6. The number of aromatic nitrogens is 4. The minimum atomic E-state index is -0.326. The van der Waals surface area contributed by atoms with Crippen LogP contribution in [0, 0.1) is 6.92 Å². The first-order chi connectivity index (χ1) is 16.0. The van der Waals surface area contributed by atoms with E-state index in [1.807, 2.05) is 50.2 Å². The highest BCUT2D eigenvalue weighted by atomic mass is 16.5. The van der Waals surface area contributed by atoms with E-state index < -0.39 is 0 Å². The Balaban J connectivity index is 1.57. The van der Waals surface area contributed by atoms with E-state index in [0.717, 1.165) is 33.9 Å². The highest BCUT2D eigenvalue weighted by Gasteiger charge is 2.18. The van der Waals surface area contributed by atoms with E-state index in [1.54, 1.807) is 14.2 Å². The normalized spacial score (nSPS) is 14.7. The molecule has 0 spiro atoms. The van der Waals surface area contributed by atoms with Gasteiger partial charge in [-0.2, -0.15) is 14.5 Å². The first-order valence-corrected chi connectivity index (χ1v) is 10.7. The van der Waals surface area contributed by atoms with Crippen LogP contribution in [0.4, 0.5) is 0 Å². The monoisotopic (exact) mass is 450 g/mol. The van der Waals surface area contributed by atoms with Crippen LogP contribution in [0.5, 0.6) is 11.5 Å². The van der Waals surface area contributed by atoms with Crippen molar-refractivity contribution in [2.75, 3.05) is 13.7 Å². The number of hydrogen-bond acceptors (Lipinski definition) is 8. The third-order valence-electron chi connectivity index (χ3n) is 5.40. The van der Waals surface area contributed by atoms with Gasteiger partial charge in [0.05, 0.1) is 25.1 Å². The third kappa shape index (κ3) is 4.64. The predicted octanol–water partition coefficient (Wildman–Crippen LogP) is 2.79. The highest BCUT2D eigenvalue weighted by Crippen LogP contribution is 2.29. The largest absolute Gasteiger partial charge is 0.497 e. The molecule has 0 atom stereocenters. The molecule has 33 heavy (non-hydrogen) atoms. The maximum atomic E-state index is 12.3. The summed E-state index contributed by atoms with van der Waals surface area (Å²) in [6, 6.07) is 11.3. The molecule has 0 aliphatic carbocycles. The van der Waals surface area contributed by atoms with Crippen LogP contribution in [0.15, 0.2) is 51.4 Å². The van der Waals surface area contributed by atoms with Crippen molar-refractivity contribution in [2.24, 2.45) is 17.3 Å². The van der Waals surface area contributed by atoms with Crippen molar-refractivity contribution in [3.05, 3.63) is 63.6 Å². The zero-order valence-corrected chi connectivity index (χ0v) is 19.1. The molecule has 0 bridgehead atoms. The van der Waals surface area contributed by atoms with Gasteiger partial charge in [0, 0.05) is 37.1 Å². The van der Waals surface area contributed by atoms with E-state index in [2.05, 4.69) is 20.6 Å². The molecule has 3 aromatic rings. The van der Waals surface area contributed by atoms with Crippen LogP contribution < -0.4 is 15.2 Å². The summed E-state index contributed by atoms with van der Waals surface area (Å²) in [7, 11) is 3.18. The summed E-state index contributed by atoms with van der Waals surface area (Å²) in [5.41, 5.74) is 3.83.